The average molecular weight is 332 g/mol. The molecular weight excluding hydrogens is 312 g/mol. The monoisotopic (exact) mass is 332 g/mol. The van der Waals surface area contributed by atoms with Gasteiger partial charge in [-0.15, -0.1) is 11.3 Å². The van der Waals surface area contributed by atoms with Crippen molar-refractivity contribution in [1.82, 2.24) is 9.21 Å². The van der Waals surface area contributed by atoms with Crippen LogP contribution in [-0.4, -0.2) is 61.9 Å². The predicted molar refractivity (Wildman–Crippen MR) is 81.5 cm³/mol. The topological polar surface area (TPSA) is 77.9 Å². The molecule has 0 aromatic carbocycles. The number of sulfonamides is 1. The van der Waals surface area contributed by atoms with Gasteiger partial charge < -0.3 is 10.0 Å². The van der Waals surface area contributed by atoms with E-state index >= 15 is 0 Å². The number of aromatic carboxylic acids is 1. The minimum atomic E-state index is -3.62. The van der Waals surface area contributed by atoms with E-state index in [2.05, 4.69) is 4.90 Å². The van der Waals surface area contributed by atoms with Crippen molar-refractivity contribution < 1.29 is 18.3 Å². The maximum Gasteiger partial charge on any atom is 0.345 e. The molecule has 1 saturated heterocycles. The molecule has 118 valence electrons. The molecular formula is C13H20N2O4S2. The maximum absolute atomic E-state index is 12.5. The van der Waals surface area contributed by atoms with Crippen molar-refractivity contribution >= 4 is 27.3 Å². The number of thiophene rings is 1. The molecule has 1 fully saturated rings. The molecule has 0 bridgehead atoms. The zero-order valence-electron chi connectivity index (χ0n) is 12.2. The molecule has 1 aliphatic rings. The van der Waals surface area contributed by atoms with Crippen LogP contribution in [0.5, 0.6) is 0 Å². The highest BCUT2D eigenvalue weighted by molar-refractivity contribution is 7.89. The molecule has 0 saturated carbocycles. The summed E-state index contributed by atoms with van der Waals surface area (Å²) < 4.78 is 26.3. The highest BCUT2D eigenvalue weighted by Crippen LogP contribution is 2.27. The molecule has 1 aromatic heterocycles. The molecule has 1 aromatic rings. The van der Waals surface area contributed by atoms with Crippen LogP contribution in [0.15, 0.2) is 11.0 Å². The van der Waals surface area contributed by atoms with Gasteiger partial charge in [0, 0.05) is 25.0 Å². The van der Waals surface area contributed by atoms with Crippen LogP contribution in [0.3, 0.4) is 0 Å². The Kier molecular flexibility index (Phi) is 5.03. The fraction of sp³-hybridized carbons (Fsp3) is 0.615. The van der Waals surface area contributed by atoms with Crippen LogP contribution in [0.2, 0.25) is 0 Å². The van der Waals surface area contributed by atoms with Crippen molar-refractivity contribution in [2.75, 3.05) is 33.2 Å². The van der Waals surface area contributed by atoms with E-state index in [0.717, 1.165) is 24.4 Å². The van der Waals surface area contributed by atoms with Crippen LogP contribution in [0.4, 0.5) is 0 Å². The SMILES string of the molecule is Cc1sc(C(=O)O)cc1S(=O)(=O)N(C)CCN1CCCC1. The molecule has 8 heteroatoms. The average Bonchev–Trinajstić information content (AvgIpc) is 3.04. The Hall–Kier alpha value is -0.960. The van der Waals surface area contributed by atoms with Gasteiger partial charge in [-0.3, -0.25) is 0 Å². The van der Waals surface area contributed by atoms with Crippen LogP contribution in [0.25, 0.3) is 0 Å². The summed E-state index contributed by atoms with van der Waals surface area (Å²) in [6.07, 6.45) is 2.34. The Balaban J connectivity index is 2.10. The van der Waals surface area contributed by atoms with Crippen molar-refractivity contribution in [2.45, 2.75) is 24.7 Å². The van der Waals surface area contributed by atoms with Gasteiger partial charge in [0.05, 0.1) is 4.90 Å². The number of rotatable bonds is 6. The molecule has 6 nitrogen and oxygen atoms in total. The van der Waals surface area contributed by atoms with Crippen molar-refractivity contribution in [3.05, 3.63) is 15.8 Å². The van der Waals surface area contributed by atoms with E-state index < -0.39 is 16.0 Å². The lowest BCUT2D eigenvalue weighted by Crippen LogP contribution is -2.35. The van der Waals surface area contributed by atoms with Crippen LogP contribution in [0.1, 0.15) is 27.4 Å². The van der Waals surface area contributed by atoms with Gasteiger partial charge in [-0.1, -0.05) is 0 Å². The molecule has 0 spiro atoms. The second-order valence-electron chi connectivity index (χ2n) is 5.21. The summed E-state index contributed by atoms with van der Waals surface area (Å²) in [7, 11) is -2.08. The number of aryl methyl sites for hydroxylation is 1. The van der Waals surface area contributed by atoms with Gasteiger partial charge in [0.1, 0.15) is 4.88 Å². The second-order valence-corrected chi connectivity index (χ2v) is 8.48. The lowest BCUT2D eigenvalue weighted by Gasteiger charge is -2.21. The molecule has 0 atom stereocenters. The Bertz CT molecular complexity index is 618. The van der Waals surface area contributed by atoms with Crippen LogP contribution >= 0.6 is 11.3 Å². The third kappa shape index (κ3) is 3.63. The van der Waals surface area contributed by atoms with Crippen LogP contribution in [0, 0.1) is 6.92 Å². The smallest absolute Gasteiger partial charge is 0.345 e. The zero-order chi connectivity index (χ0) is 15.6. The van der Waals surface area contributed by atoms with Crippen molar-refractivity contribution in [1.29, 1.82) is 0 Å². The Morgan fingerprint density at radius 1 is 1.43 bits per heavy atom. The van der Waals surface area contributed by atoms with Gasteiger partial charge in [0.15, 0.2) is 0 Å². The van der Waals surface area contributed by atoms with E-state index in [9.17, 15) is 13.2 Å². The minimum Gasteiger partial charge on any atom is -0.477 e. The molecule has 0 unspecified atom stereocenters. The van der Waals surface area contributed by atoms with E-state index in [1.807, 2.05) is 0 Å². The molecule has 0 radical (unpaired) electrons. The third-order valence-electron chi connectivity index (χ3n) is 3.70. The van der Waals surface area contributed by atoms with Crippen LogP contribution < -0.4 is 0 Å². The van der Waals surface area contributed by atoms with Gasteiger partial charge in [-0.2, -0.15) is 4.31 Å². The Morgan fingerprint density at radius 2 is 2.05 bits per heavy atom. The van der Waals surface area contributed by atoms with E-state index in [1.165, 1.54) is 23.2 Å². The first-order valence-corrected chi connectivity index (χ1v) is 9.10. The zero-order valence-corrected chi connectivity index (χ0v) is 13.8. The summed E-state index contributed by atoms with van der Waals surface area (Å²) in [6, 6.07) is 1.25. The normalized spacial score (nSPS) is 16.7. The first-order chi connectivity index (χ1) is 9.82. The number of hydrogen-bond acceptors (Lipinski definition) is 5. The number of likely N-dealkylation sites (tertiary alicyclic amines) is 1. The number of carboxylic acid groups (broad SMARTS) is 1. The summed E-state index contributed by atoms with van der Waals surface area (Å²) in [6.45, 7) is 4.81. The number of carbonyl (C=O) groups is 1. The Labute approximate surface area is 129 Å². The molecule has 21 heavy (non-hydrogen) atoms. The number of likely N-dealkylation sites (N-methyl/N-ethyl adjacent to an activating group) is 1. The molecule has 2 rings (SSSR count). The fourth-order valence-corrected chi connectivity index (χ4v) is 4.96. The summed E-state index contributed by atoms with van der Waals surface area (Å²) in [4.78, 5) is 13.9. The van der Waals surface area contributed by atoms with Crippen LogP contribution in [-0.2, 0) is 10.0 Å². The number of hydrogen-bond donors (Lipinski definition) is 1. The lowest BCUT2D eigenvalue weighted by atomic mass is 10.4. The van der Waals surface area contributed by atoms with Gasteiger partial charge >= 0.3 is 5.97 Å². The molecule has 1 N–H and O–H groups in total. The first kappa shape index (κ1) is 16.4. The predicted octanol–water partition coefficient (Wildman–Crippen LogP) is 1.47. The van der Waals surface area contributed by atoms with Gasteiger partial charge in [-0.05, 0) is 38.9 Å². The standard InChI is InChI=1S/C13H20N2O4S2/c1-10-12(9-11(20-10)13(16)17)21(18,19)14(2)7-8-15-5-3-4-6-15/h9H,3-8H2,1-2H3,(H,16,17). The summed E-state index contributed by atoms with van der Waals surface area (Å²) >= 11 is 0.994. The Morgan fingerprint density at radius 3 is 2.57 bits per heavy atom. The van der Waals surface area contributed by atoms with Gasteiger partial charge in [0.25, 0.3) is 0 Å². The van der Waals surface area contributed by atoms with E-state index in [-0.39, 0.29) is 9.77 Å². The summed E-state index contributed by atoms with van der Waals surface area (Å²) in [5.74, 6) is -1.09. The van der Waals surface area contributed by atoms with Crippen molar-refractivity contribution in [2.24, 2.45) is 0 Å². The third-order valence-corrected chi connectivity index (χ3v) is 6.85. The summed E-state index contributed by atoms with van der Waals surface area (Å²) in [5, 5.41) is 8.97. The number of carboxylic acids is 1. The largest absolute Gasteiger partial charge is 0.477 e. The molecule has 0 amide bonds. The van der Waals surface area contributed by atoms with Crippen molar-refractivity contribution in [3.8, 4) is 0 Å². The fourth-order valence-electron chi connectivity index (χ4n) is 2.40. The van der Waals surface area contributed by atoms with Gasteiger partial charge in [0.2, 0.25) is 10.0 Å². The highest BCUT2D eigenvalue weighted by Gasteiger charge is 2.26. The minimum absolute atomic E-state index is 0.0546. The molecule has 0 aliphatic carbocycles. The maximum atomic E-state index is 12.5. The molecule has 2 heterocycles. The highest BCUT2D eigenvalue weighted by atomic mass is 32.2. The van der Waals surface area contributed by atoms with Crippen molar-refractivity contribution in [3.63, 3.8) is 0 Å². The molecule has 1 aliphatic heterocycles. The van der Waals surface area contributed by atoms with E-state index in [4.69, 9.17) is 5.11 Å². The van der Waals surface area contributed by atoms with Gasteiger partial charge in [-0.25, -0.2) is 13.2 Å². The first-order valence-electron chi connectivity index (χ1n) is 6.85. The quantitative estimate of drug-likeness (QED) is 0.853. The van der Waals surface area contributed by atoms with E-state index in [1.54, 1.807) is 14.0 Å². The number of nitrogens with zero attached hydrogens (tertiary/aromatic N) is 2. The second kappa shape index (κ2) is 6.43. The van der Waals surface area contributed by atoms with E-state index in [0.29, 0.717) is 18.0 Å². The summed E-state index contributed by atoms with van der Waals surface area (Å²) in [5.41, 5.74) is 0. The lowest BCUT2D eigenvalue weighted by molar-refractivity contribution is 0.0702.